The van der Waals surface area contributed by atoms with Gasteiger partial charge in [-0.05, 0) is 55.8 Å². The molecular weight excluding hydrogens is 264 g/mol. The molecule has 0 aromatic heterocycles. The second-order valence-corrected chi connectivity index (χ2v) is 6.12. The smallest absolute Gasteiger partial charge is 0.0753 e. The van der Waals surface area contributed by atoms with E-state index in [1.165, 1.54) is 15.8 Å². The Bertz CT molecular complexity index is 399. The van der Waals surface area contributed by atoms with Gasteiger partial charge in [0.15, 0.2) is 0 Å². The predicted molar refractivity (Wildman–Crippen MR) is 74.3 cm³/mol. The summed E-state index contributed by atoms with van der Waals surface area (Å²) in [6.45, 7) is 10.0. The molecule has 0 fully saturated rings. The van der Waals surface area contributed by atoms with Crippen LogP contribution in [0, 0.1) is 0 Å². The Labute approximate surface area is 106 Å². The van der Waals surface area contributed by atoms with Crippen molar-refractivity contribution in [2.75, 3.05) is 16.8 Å². The number of anilines is 2. The molecule has 0 unspecified atom stereocenters. The average molecular weight is 283 g/mol. The van der Waals surface area contributed by atoms with Gasteiger partial charge in [-0.3, -0.25) is 0 Å². The quantitative estimate of drug-likeness (QED) is 0.841. The number of hydrogen-bond acceptors (Lipinski definition) is 2. The minimum absolute atomic E-state index is 0.144. The highest BCUT2D eigenvalue weighted by molar-refractivity contribution is 9.10. The summed E-state index contributed by atoms with van der Waals surface area (Å²) in [4.78, 5) is 2.49. The molecule has 2 nitrogen and oxygen atoms in total. The number of fused-ring (bicyclic) bond motifs is 1. The SMILES string of the molecule is CC(C)N1c2c(Br)cccc2NCC1(C)C. The molecule has 3 heteroatoms. The first kappa shape index (κ1) is 11.8. The summed E-state index contributed by atoms with van der Waals surface area (Å²) in [6.07, 6.45) is 0. The molecule has 0 radical (unpaired) electrons. The van der Waals surface area contributed by atoms with Gasteiger partial charge < -0.3 is 10.2 Å². The normalized spacial score (nSPS) is 18.2. The van der Waals surface area contributed by atoms with Crippen molar-refractivity contribution in [3.05, 3.63) is 22.7 Å². The number of benzene rings is 1. The molecule has 0 amide bonds. The van der Waals surface area contributed by atoms with Crippen molar-refractivity contribution in [1.29, 1.82) is 0 Å². The van der Waals surface area contributed by atoms with Gasteiger partial charge in [-0.1, -0.05) is 6.07 Å². The second kappa shape index (κ2) is 3.95. The van der Waals surface area contributed by atoms with Crippen molar-refractivity contribution >= 4 is 27.3 Å². The van der Waals surface area contributed by atoms with Crippen molar-refractivity contribution < 1.29 is 0 Å². The van der Waals surface area contributed by atoms with Crippen LogP contribution in [0.15, 0.2) is 22.7 Å². The van der Waals surface area contributed by atoms with Crippen LogP contribution in [0.4, 0.5) is 11.4 Å². The number of nitrogens with one attached hydrogen (secondary N) is 1. The molecule has 0 bridgehead atoms. The zero-order chi connectivity index (χ0) is 11.9. The molecule has 1 aromatic carbocycles. The Morgan fingerprint density at radius 3 is 2.69 bits per heavy atom. The molecule has 1 heterocycles. The van der Waals surface area contributed by atoms with Crippen LogP contribution < -0.4 is 10.2 Å². The van der Waals surface area contributed by atoms with Crippen LogP contribution in [0.3, 0.4) is 0 Å². The van der Waals surface area contributed by atoms with Gasteiger partial charge in [0.1, 0.15) is 0 Å². The molecule has 1 N–H and O–H groups in total. The summed E-state index contributed by atoms with van der Waals surface area (Å²) in [5.74, 6) is 0. The average Bonchev–Trinajstić information content (AvgIpc) is 2.17. The molecule has 1 aromatic rings. The molecule has 1 aliphatic heterocycles. The van der Waals surface area contributed by atoms with Gasteiger partial charge >= 0.3 is 0 Å². The lowest BCUT2D eigenvalue weighted by atomic mass is 9.95. The fourth-order valence-electron chi connectivity index (χ4n) is 2.56. The van der Waals surface area contributed by atoms with Gasteiger partial charge in [-0.25, -0.2) is 0 Å². The van der Waals surface area contributed by atoms with Crippen molar-refractivity contribution in [1.82, 2.24) is 0 Å². The van der Waals surface area contributed by atoms with Crippen molar-refractivity contribution in [2.24, 2.45) is 0 Å². The van der Waals surface area contributed by atoms with E-state index in [1.54, 1.807) is 0 Å². The molecular formula is C13H19BrN2. The van der Waals surface area contributed by atoms with Crippen molar-refractivity contribution in [2.45, 2.75) is 39.3 Å². The fourth-order valence-corrected chi connectivity index (χ4v) is 3.12. The van der Waals surface area contributed by atoms with E-state index in [0.29, 0.717) is 6.04 Å². The number of para-hydroxylation sites is 1. The van der Waals surface area contributed by atoms with E-state index >= 15 is 0 Å². The summed E-state index contributed by atoms with van der Waals surface area (Å²) in [6, 6.07) is 6.82. The zero-order valence-electron chi connectivity index (χ0n) is 10.3. The minimum Gasteiger partial charge on any atom is -0.381 e. The molecule has 0 spiro atoms. The third kappa shape index (κ3) is 1.81. The number of hydrogen-bond donors (Lipinski definition) is 1. The molecule has 2 rings (SSSR count). The van der Waals surface area contributed by atoms with E-state index in [0.717, 1.165) is 6.54 Å². The summed E-state index contributed by atoms with van der Waals surface area (Å²) in [5, 5.41) is 3.51. The van der Waals surface area contributed by atoms with Crippen LogP contribution in [0.25, 0.3) is 0 Å². The Balaban J connectivity index is 2.57. The van der Waals surface area contributed by atoms with E-state index in [4.69, 9.17) is 0 Å². The van der Waals surface area contributed by atoms with E-state index in [-0.39, 0.29) is 5.54 Å². The summed E-state index contributed by atoms with van der Waals surface area (Å²) < 4.78 is 1.17. The standard InChI is InChI=1S/C13H19BrN2/c1-9(2)16-12-10(14)6-5-7-11(12)15-8-13(16,3)4/h5-7,9,15H,8H2,1-4H3. The van der Waals surface area contributed by atoms with Crippen LogP contribution in [0.2, 0.25) is 0 Å². The first-order valence-electron chi connectivity index (χ1n) is 5.75. The molecule has 0 saturated carbocycles. The van der Waals surface area contributed by atoms with Crippen LogP contribution in [-0.4, -0.2) is 18.1 Å². The maximum atomic E-state index is 3.66. The van der Waals surface area contributed by atoms with Gasteiger partial charge in [-0.2, -0.15) is 0 Å². The van der Waals surface area contributed by atoms with Crippen LogP contribution >= 0.6 is 15.9 Å². The lowest BCUT2D eigenvalue weighted by Crippen LogP contribution is -2.55. The molecule has 0 saturated heterocycles. The van der Waals surface area contributed by atoms with Gasteiger partial charge in [0.2, 0.25) is 0 Å². The van der Waals surface area contributed by atoms with Crippen LogP contribution in [0.1, 0.15) is 27.7 Å². The highest BCUT2D eigenvalue weighted by Gasteiger charge is 2.35. The first-order chi connectivity index (χ1) is 7.43. The number of nitrogens with zero attached hydrogens (tertiary/aromatic N) is 1. The highest BCUT2D eigenvalue weighted by atomic mass is 79.9. The van der Waals surface area contributed by atoms with Crippen LogP contribution in [-0.2, 0) is 0 Å². The Morgan fingerprint density at radius 1 is 1.38 bits per heavy atom. The third-order valence-corrected chi connectivity index (χ3v) is 3.75. The van der Waals surface area contributed by atoms with Crippen molar-refractivity contribution in [3.8, 4) is 0 Å². The lowest BCUT2D eigenvalue weighted by molar-refractivity contribution is 0.438. The van der Waals surface area contributed by atoms with Gasteiger partial charge in [0.05, 0.1) is 16.9 Å². The Morgan fingerprint density at radius 2 is 2.06 bits per heavy atom. The maximum Gasteiger partial charge on any atom is 0.0753 e. The zero-order valence-corrected chi connectivity index (χ0v) is 11.9. The van der Waals surface area contributed by atoms with E-state index < -0.39 is 0 Å². The van der Waals surface area contributed by atoms with Crippen molar-refractivity contribution in [3.63, 3.8) is 0 Å². The molecule has 1 aliphatic rings. The summed E-state index contributed by atoms with van der Waals surface area (Å²) in [5.41, 5.74) is 2.65. The third-order valence-electron chi connectivity index (χ3n) is 3.11. The number of rotatable bonds is 1. The van der Waals surface area contributed by atoms with Crippen LogP contribution in [0.5, 0.6) is 0 Å². The predicted octanol–water partition coefficient (Wildman–Crippen LogP) is 3.87. The summed E-state index contributed by atoms with van der Waals surface area (Å²) >= 11 is 3.66. The monoisotopic (exact) mass is 282 g/mol. The largest absolute Gasteiger partial charge is 0.381 e. The van der Waals surface area contributed by atoms with E-state index in [9.17, 15) is 0 Å². The highest BCUT2D eigenvalue weighted by Crippen LogP contribution is 2.42. The van der Waals surface area contributed by atoms with Gasteiger partial charge in [0.25, 0.3) is 0 Å². The number of halogens is 1. The Kier molecular flexibility index (Phi) is 2.91. The first-order valence-corrected chi connectivity index (χ1v) is 6.54. The molecule has 88 valence electrons. The molecule has 0 aliphatic carbocycles. The molecule has 0 atom stereocenters. The summed E-state index contributed by atoms with van der Waals surface area (Å²) in [7, 11) is 0. The van der Waals surface area contributed by atoms with Gasteiger partial charge in [0, 0.05) is 17.1 Å². The minimum atomic E-state index is 0.144. The Hall–Kier alpha value is -0.700. The van der Waals surface area contributed by atoms with E-state index in [1.807, 2.05) is 0 Å². The topological polar surface area (TPSA) is 15.3 Å². The van der Waals surface area contributed by atoms with Gasteiger partial charge in [-0.15, -0.1) is 0 Å². The van der Waals surface area contributed by atoms with E-state index in [2.05, 4.69) is 72.0 Å². The molecule has 16 heavy (non-hydrogen) atoms. The maximum absolute atomic E-state index is 3.66. The lowest BCUT2D eigenvalue weighted by Gasteiger charge is -2.48. The second-order valence-electron chi connectivity index (χ2n) is 5.27. The fraction of sp³-hybridized carbons (Fsp3) is 0.538.